The van der Waals surface area contributed by atoms with Crippen molar-refractivity contribution in [1.82, 2.24) is 9.38 Å². The van der Waals surface area contributed by atoms with Gasteiger partial charge >= 0.3 is 6.09 Å². The predicted molar refractivity (Wildman–Crippen MR) is 99.2 cm³/mol. The molecule has 0 atom stereocenters. The Morgan fingerprint density at radius 1 is 1.16 bits per heavy atom. The summed E-state index contributed by atoms with van der Waals surface area (Å²) >= 11 is 0. The number of amides is 1. The van der Waals surface area contributed by atoms with Crippen molar-refractivity contribution in [3.05, 3.63) is 58.9 Å². The molecule has 25 heavy (non-hydrogen) atoms. The first kappa shape index (κ1) is 16.8. The van der Waals surface area contributed by atoms with E-state index >= 15 is 0 Å². The Bertz CT molecular complexity index is 931. The fourth-order valence-corrected chi connectivity index (χ4v) is 2.88. The lowest BCUT2D eigenvalue weighted by Gasteiger charge is -2.16. The second-order valence-electron chi connectivity index (χ2n) is 5.96. The number of aryl methyl sites for hydroxylation is 3. The Balaban J connectivity index is 1.91. The zero-order valence-electron chi connectivity index (χ0n) is 14.9. The molecule has 0 unspecified atom stereocenters. The zero-order valence-corrected chi connectivity index (χ0v) is 14.9. The molecule has 3 rings (SSSR count). The zero-order chi connectivity index (χ0) is 18.0. The summed E-state index contributed by atoms with van der Waals surface area (Å²) < 4.78 is 6.80. The van der Waals surface area contributed by atoms with Crippen molar-refractivity contribution in [3.8, 4) is 0 Å². The van der Waals surface area contributed by atoms with Crippen molar-refractivity contribution >= 4 is 23.2 Å². The summed E-state index contributed by atoms with van der Waals surface area (Å²) in [7, 11) is 1.36. The number of rotatable bonds is 4. The monoisotopic (exact) mass is 338 g/mol. The van der Waals surface area contributed by atoms with Crippen LogP contribution in [0.25, 0.3) is 5.65 Å². The Morgan fingerprint density at radius 3 is 2.68 bits per heavy atom. The molecule has 0 radical (unpaired) electrons. The molecule has 1 aromatic carbocycles. The third kappa shape index (κ3) is 3.28. The highest BCUT2D eigenvalue weighted by molar-refractivity contribution is 5.86. The Hall–Kier alpha value is -3.02. The molecule has 2 aromatic heterocycles. The molecule has 6 heteroatoms. The molecule has 0 saturated carbocycles. The molecule has 0 aliphatic heterocycles. The van der Waals surface area contributed by atoms with Gasteiger partial charge in [0, 0.05) is 17.9 Å². The number of benzene rings is 1. The first-order valence-electron chi connectivity index (χ1n) is 8.13. The number of aromatic nitrogens is 2. The molecular weight excluding hydrogens is 316 g/mol. The predicted octanol–water partition coefficient (Wildman–Crippen LogP) is 4.05. The van der Waals surface area contributed by atoms with Crippen LogP contribution in [-0.2, 0) is 11.3 Å². The van der Waals surface area contributed by atoms with Crippen LogP contribution in [0.3, 0.4) is 0 Å². The van der Waals surface area contributed by atoms with Crippen LogP contribution in [0.2, 0.25) is 0 Å². The molecule has 3 aromatic rings. The Labute approximate surface area is 146 Å². The highest BCUT2D eigenvalue weighted by atomic mass is 16.5. The van der Waals surface area contributed by atoms with Gasteiger partial charge in [0.1, 0.15) is 11.5 Å². The normalized spacial score (nSPS) is 10.7. The topological polar surface area (TPSA) is 67.7 Å². The number of methoxy groups -OCH3 is 1. The van der Waals surface area contributed by atoms with Crippen LogP contribution < -0.4 is 10.6 Å². The summed E-state index contributed by atoms with van der Waals surface area (Å²) in [5.41, 5.74) is 5.88. The van der Waals surface area contributed by atoms with Gasteiger partial charge in [0.2, 0.25) is 0 Å². The quantitative estimate of drug-likeness (QED) is 0.753. The van der Waals surface area contributed by atoms with Crippen LogP contribution in [0.4, 0.5) is 16.3 Å². The maximum atomic E-state index is 11.6. The average molecular weight is 338 g/mol. The number of fused-ring (bicyclic) bond motifs is 1. The molecule has 0 aliphatic rings. The molecule has 2 N–H and O–H groups in total. The molecule has 0 aliphatic carbocycles. The maximum Gasteiger partial charge on any atom is 0.411 e. The third-order valence-electron chi connectivity index (χ3n) is 4.39. The highest BCUT2D eigenvalue weighted by Gasteiger charge is 2.11. The van der Waals surface area contributed by atoms with Gasteiger partial charge in [0.15, 0.2) is 0 Å². The van der Waals surface area contributed by atoms with Gasteiger partial charge in [0.25, 0.3) is 0 Å². The Kier molecular flexibility index (Phi) is 4.61. The van der Waals surface area contributed by atoms with Crippen molar-refractivity contribution in [2.75, 3.05) is 17.7 Å². The SMILES string of the molecule is COC(=O)Nc1cccc(C)c1CNc1cccc2nc(C)c(C)n12. The van der Waals surface area contributed by atoms with Crippen LogP contribution in [0.5, 0.6) is 0 Å². The van der Waals surface area contributed by atoms with Gasteiger partial charge in [-0.1, -0.05) is 18.2 Å². The Morgan fingerprint density at radius 2 is 1.92 bits per heavy atom. The summed E-state index contributed by atoms with van der Waals surface area (Å²) in [6.45, 7) is 6.65. The van der Waals surface area contributed by atoms with E-state index in [0.29, 0.717) is 6.54 Å². The minimum absolute atomic E-state index is 0.477. The molecule has 0 saturated heterocycles. The number of nitrogens with one attached hydrogen (secondary N) is 2. The minimum atomic E-state index is -0.477. The lowest BCUT2D eigenvalue weighted by molar-refractivity contribution is 0.187. The summed E-state index contributed by atoms with van der Waals surface area (Å²) in [5.74, 6) is 0.961. The summed E-state index contributed by atoms with van der Waals surface area (Å²) in [4.78, 5) is 16.1. The van der Waals surface area contributed by atoms with Gasteiger partial charge in [0.05, 0.1) is 12.8 Å². The number of carbonyl (C=O) groups is 1. The average Bonchev–Trinajstić information content (AvgIpc) is 2.89. The standard InChI is InChI=1S/C19H22N4O2/c1-12-7-5-8-16(22-19(24)25-4)15(12)11-20-17-9-6-10-18-21-13(2)14(3)23(17)18/h5-10,20H,11H2,1-4H3,(H,22,24). The molecule has 130 valence electrons. The molecule has 0 fully saturated rings. The first-order chi connectivity index (χ1) is 12.0. The number of nitrogens with zero attached hydrogens (tertiary/aromatic N) is 2. The number of ether oxygens (including phenoxy) is 1. The highest BCUT2D eigenvalue weighted by Crippen LogP contribution is 2.23. The van der Waals surface area contributed by atoms with Crippen LogP contribution in [0, 0.1) is 20.8 Å². The van der Waals surface area contributed by atoms with Crippen molar-refractivity contribution in [3.63, 3.8) is 0 Å². The van der Waals surface area contributed by atoms with Crippen molar-refractivity contribution < 1.29 is 9.53 Å². The molecule has 0 bridgehead atoms. The van der Waals surface area contributed by atoms with E-state index in [0.717, 1.165) is 39.7 Å². The molecular formula is C19H22N4O2. The number of pyridine rings is 1. The van der Waals surface area contributed by atoms with Crippen LogP contribution in [-0.4, -0.2) is 22.6 Å². The second kappa shape index (κ2) is 6.84. The van der Waals surface area contributed by atoms with E-state index in [4.69, 9.17) is 4.74 Å². The second-order valence-corrected chi connectivity index (χ2v) is 5.96. The number of carbonyl (C=O) groups excluding carboxylic acids is 1. The van der Waals surface area contributed by atoms with E-state index in [2.05, 4.69) is 26.9 Å². The minimum Gasteiger partial charge on any atom is -0.453 e. The van der Waals surface area contributed by atoms with Gasteiger partial charge < -0.3 is 10.1 Å². The summed E-state index contributed by atoms with van der Waals surface area (Å²) in [5, 5.41) is 6.23. The lowest BCUT2D eigenvalue weighted by Crippen LogP contribution is -2.15. The van der Waals surface area contributed by atoms with Gasteiger partial charge in [-0.3, -0.25) is 9.72 Å². The van der Waals surface area contributed by atoms with Crippen LogP contribution in [0.15, 0.2) is 36.4 Å². The fraction of sp³-hybridized carbons (Fsp3) is 0.263. The molecule has 0 spiro atoms. The van der Waals surface area contributed by atoms with Gasteiger partial charge in [-0.15, -0.1) is 0 Å². The third-order valence-corrected chi connectivity index (χ3v) is 4.39. The number of anilines is 2. The number of hydrogen-bond acceptors (Lipinski definition) is 4. The summed E-state index contributed by atoms with van der Waals surface area (Å²) in [6, 6.07) is 11.8. The van der Waals surface area contributed by atoms with Crippen molar-refractivity contribution in [2.45, 2.75) is 27.3 Å². The van der Waals surface area contributed by atoms with Crippen molar-refractivity contribution in [1.29, 1.82) is 0 Å². The lowest BCUT2D eigenvalue weighted by atomic mass is 10.1. The largest absolute Gasteiger partial charge is 0.453 e. The first-order valence-corrected chi connectivity index (χ1v) is 8.13. The van der Waals surface area contributed by atoms with E-state index in [9.17, 15) is 4.79 Å². The smallest absolute Gasteiger partial charge is 0.411 e. The molecule has 1 amide bonds. The van der Waals surface area contributed by atoms with Gasteiger partial charge in [-0.2, -0.15) is 0 Å². The molecule has 6 nitrogen and oxygen atoms in total. The van der Waals surface area contributed by atoms with Crippen LogP contribution in [0.1, 0.15) is 22.5 Å². The number of imidazole rings is 1. The molecule has 2 heterocycles. The van der Waals surface area contributed by atoms with Gasteiger partial charge in [-0.05, 0) is 50.1 Å². The fourth-order valence-electron chi connectivity index (χ4n) is 2.88. The van der Waals surface area contributed by atoms with E-state index in [1.54, 1.807) is 0 Å². The van der Waals surface area contributed by atoms with E-state index in [-0.39, 0.29) is 0 Å². The summed E-state index contributed by atoms with van der Waals surface area (Å²) in [6.07, 6.45) is -0.477. The van der Waals surface area contributed by atoms with Crippen LogP contribution >= 0.6 is 0 Å². The van der Waals surface area contributed by atoms with E-state index in [1.165, 1.54) is 7.11 Å². The number of hydrogen-bond donors (Lipinski definition) is 2. The van der Waals surface area contributed by atoms with Gasteiger partial charge in [-0.25, -0.2) is 9.78 Å². The van der Waals surface area contributed by atoms with Crippen molar-refractivity contribution in [2.24, 2.45) is 0 Å². The van der Waals surface area contributed by atoms with E-state index < -0.39 is 6.09 Å². The van der Waals surface area contributed by atoms with E-state index in [1.807, 2.05) is 50.2 Å². The maximum absolute atomic E-state index is 11.6.